The minimum absolute atomic E-state index is 0.136. The first-order valence-corrected chi connectivity index (χ1v) is 4.51. The summed E-state index contributed by atoms with van der Waals surface area (Å²) in [5.74, 6) is 0.359. The van der Waals surface area contributed by atoms with E-state index in [1.165, 1.54) is 0 Å². The second-order valence-corrected chi connectivity index (χ2v) is 3.54. The molecule has 1 aliphatic heterocycles. The van der Waals surface area contributed by atoms with Crippen molar-refractivity contribution in [2.75, 3.05) is 19.6 Å². The number of likely N-dealkylation sites (tertiary alicyclic amines) is 1. The SMILES string of the molecule is CC1CN(CCC#N)CCC1O. The Labute approximate surface area is 73.6 Å². The van der Waals surface area contributed by atoms with Crippen molar-refractivity contribution in [3.63, 3.8) is 0 Å². The Morgan fingerprint density at radius 1 is 1.67 bits per heavy atom. The van der Waals surface area contributed by atoms with Crippen LogP contribution in [0.15, 0.2) is 0 Å². The highest BCUT2D eigenvalue weighted by Crippen LogP contribution is 2.16. The predicted molar refractivity (Wildman–Crippen MR) is 46.5 cm³/mol. The lowest BCUT2D eigenvalue weighted by Gasteiger charge is -2.33. The minimum atomic E-state index is -0.136. The van der Waals surface area contributed by atoms with Crippen molar-refractivity contribution >= 4 is 0 Å². The molecule has 0 radical (unpaired) electrons. The second kappa shape index (κ2) is 4.44. The number of nitrogens with zero attached hydrogens (tertiary/aromatic N) is 2. The van der Waals surface area contributed by atoms with Gasteiger partial charge in [-0.25, -0.2) is 0 Å². The third-order valence-electron chi connectivity index (χ3n) is 2.48. The zero-order valence-corrected chi connectivity index (χ0v) is 7.53. The topological polar surface area (TPSA) is 47.3 Å². The summed E-state index contributed by atoms with van der Waals surface area (Å²) in [7, 11) is 0. The molecule has 1 heterocycles. The van der Waals surface area contributed by atoms with Crippen molar-refractivity contribution in [3.8, 4) is 6.07 Å². The Bertz CT molecular complexity index is 176. The van der Waals surface area contributed by atoms with Crippen LogP contribution in [-0.4, -0.2) is 35.7 Å². The van der Waals surface area contributed by atoms with Crippen LogP contribution in [0, 0.1) is 17.2 Å². The molecular formula is C9H16N2O. The van der Waals surface area contributed by atoms with E-state index < -0.39 is 0 Å². The average Bonchev–Trinajstić information content (AvgIpc) is 2.07. The Morgan fingerprint density at radius 2 is 2.42 bits per heavy atom. The van der Waals surface area contributed by atoms with Gasteiger partial charge >= 0.3 is 0 Å². The zero-order valence-electron chi connectivity index (χ0n) is 7.53. The monoisotopic (exact) mass is 168 g/mol. The zero-order chi connectivity index (χ0) is 8.97. The van der Waals surface area contributed by atoms with Crippen LogP contribution in [0.3, 0.4) is 0 Å². The molecule has 1 fully saturated rings. The Hall–Kier alpha value is -0.590. The van der Waals surface area contributed by atoms with Crippen LogP contribution < -0.4 is 0 Å². The van der Waals surface area contributed by atoms with E-state index in [1.54, 1.807) is 0 Å². The molecule has 1 rings (SSSR count). The second-order valence-electron chi connectivity index (χ2n) is 3.54. The fourth-order valence-electron chi connectivity index (χ4n) is 1.63. The molecule has 3 heteroatoms. The van der Waals surface area contributed by atoms with Crippen LogP contribution >= 0.6 is 0 Å². The molecule has 1 N–H and O–H groups in total. The van der Waals surface area contributed by atoms with E-state index in [-0.39, 0.29) is 6.10 Å². The molecule has 0 aromatic heterocycles. The normalized spacial score (nSPS) is 31.4. The minimum Gasteiger partial charge on any atom is -0.393 e. The van der Waals surface area contributed by atoms with Gasteiger partial charge in [-0.3, -0.25) is 0 Å². The van der Waals surface area contributed by atoms with Gasteiger partial charge in [0.25, 0.3) is 0 Å². The maximum absolute atomic E-state index is 9.43. The molecule has 0 amide bonds. The van der Waals surface area contributed by atoms with Gasteiger partial charge in [0.15, 0.2) is 0 Å². The van der Waals surface area contributed by atoms with Crippen molar-refractivity contribution in [3.05, 3.63) is 0 Å². The first-order valence-electron chi connectivity index (χ1n) is 4.51. The maximum Gasteiger partial charge on any atom is 0.0635 e. The Balaban J connectivity index is 2.26. The summed E-state index contributed by atoms with van der Waals surface area (Å²) in [5, 5.41) is 17.8. The molecule has 0 spiro atoms. The van der Waals surface area contributed by atoms with Crippen LogP contribution in [-0.2, 0) is 0 Å². The van der Waals surface area contributed by atoms with Gasteiger partial charge < -0.3 is 10.0 Å². The number of piperidine rings is 1. The van der Waals surface area contributed by atoms with Crippen molar-refractivity contribution in [2.45, 2.75) is 25.9 Å². The fourth-order valence-corrected chi connectivity index (χ4v) is 1.63. The third kappa shape index (κ3) is 2.47. The number of nitriles is 1. The Kier molecular flexibility index (Phi) is 3.51. The molecule has 0 aromatic rings. The van der Waals surface area contributed by atoms with Crippen molar-refractivity contribution in [1.29, 1.82) is 5.26 Å². The van der Waals surface area contributed by atoms with Crippen LogP contribution in [0.25, 0.3) is 0 Å². The quantitative estimate of drug-likeness (QED) is 0.657. The molecular weight excluding hydrogens is 152 g/mol. The highest BCUT2D eigenvalue weighted by molar-refractivity contribution is 4.79. The van der Waals surface area contributed by atoms with Gasteiger partial charge in [0.2, 0.25) is 0 Å². The molecule has 0 aliphatic carbocycles. The summed E-state index contributed by atoms with van der Waals surface area (Å²) in [6, 6.07) is 2.14. The largest absolute Gasteiger partial charge is 0.393 e. The van der Waals surface area contributed by atoms with Crippen LogP contribution in [0.1, 0.15) is 19.8 Å². The van der Waals surface area contributed by atoms with Crippen LogP contribution in [0.5, 0.6) is 0 Å². The van der Waals surface area contributed by atoms with Gasteiger partial charge in [-0.15, -0.1) is 0 Å². The highest BCUT2D eigenvalue weighted by Gasteiger charge is 2.23. The Morgan fingerprint density at radius 3 is 3.00 bits per heavy atom. The summed E-state index contributed by atoms with van der Waals surface area (Å²) in [4.78, 5) is 2.25. The van der Waals surface area contributed by atoms with Gasteiger partial charge in [0.1, 0.15) is 0 Å². The number of hydrogen-bond donors (Lipinski definition) is 1. The first kappa shape index (κ1) is 9.50. The summed E-state index contributed by atoms with van der Waals surface area (Å²) in [5.41, 5.74) is 0. The van der Waals surface area contributed by atoms with Crippen LogP contribution in [0.4, 0.5) is 0 Å². The summed E-state index contributed by atoms with van der Waals surface area (Å²) < 4.78 is 0. The van der Waals surface area contributed by atoms with E-state index in [0.717, 1.165) is 26.1 Å². The van der Waals surface area contributed by atoms with Crippen LogP contribution in [0.2, 0.25) is 0 Å². The lowest BCUT2D eigenvalue weighted by molar-refractivity contribution is 0.0360. The lowest BCUT2D eigenvalue weighted by atomic mass is 9.97. The van der Waals surface area contributed by atoms with Gasteiger partial charge in [0.05, 0.1) is 12.2 Å². The van der Waals surface area contributed by atoms with Gasteiger partial charge in [-0.05, 0) is 12.3 Å². The van der Waals surface area contributed by atoms with Crippen molar-refractivity contribution in [2.24, 2.45) is 5.92 Å². The predicted octanol–water partition coefficient (Wildman–Crippen LogP) is 0.603. The molecule has 1 saturated heterocycles. The smallest absolute Gasteiger partial charge is 0.0635 e. The highest BCUT2D eigenvalue weighted by atomic mass is 16.3. The van der Waals surface area contributed by atoms with E-state index in [4.69, 9.17) is 5.26 Å². The molecule has 2 atom stereocenters. The fraction of sp³-hybridized carbons (Fsp3) is 0.889. The molecule has 1 aliphatic rings. The van der Waals surface area contributed by atoms with E-state index in [2.05, 4.69) is 17.9 Å². The van der Waals surface area contributed by atoms with Crippen molar-refractivity contribution < 1.29 is 5.11 Å². The summed E-state index contributed by atoms with van der Waals surface area (Å²) in [6.45, 7) is 4.78. The summed E-state index contributed by atoms with van der Waals surface area (Å²) >= 11 is 0. The van der Waals surface area contributed by atoms with E-state index in [1.807, 2.05) is 0 Å². The first-order chi connectivity index (χ1) is 5.74. The molecule has 68 valence electrons. The molecule has 0 bridgehead atoms. The molecule has 2 unspecified atom stereocenters. The summed E-state index contributed by atoms with van der Waals surface area (Å²) in [6.07, 6.45) is 1.32. The number of hydrogen-bond acceptors (Lipinski definition) is 3. The third-order valence-corrected chi connectivity index (χ3v) is 2.48. The molecule has 0 aromatic carbocycles. The average molecular weight is 168 g/mol. The number of aliphatic hydroxyl groups is 1. The van der Waals surface area contributed by atoms with E-state index in [0.29, 0.717) is 12.3 Å². The van der Waals surface area contributed by atoms with Gasteiger partial charge in [0, 0.05) is 26.1 Å². The lowest BCUT2D eigenvalue weighted by Crippen LogP contribution is -2.42. The molecule has 3 nitrogen and oxygen atoms in total. The van der Waals surface area contributed by atoms with Gasteiger partial charge in [-0.1, -0.05) is 6.92 Å². The molecule has 12 heavy (non-hydrogen) atoms. The van der Waals surface area contributed by atoms with Crippen molar-refractivity contribution in [1.82, 2.24) is 4.90 Å². The number of rotatable bonds is 2. The standard InChI is InChI=1S/C9H16N2O/c1-8-7-11(5-2-4-10)6-3-9(8)12/h8-9,12H,2-3,5-7H2,1H3. The van der Waals surface area contributed by atoms with Gasteiger partial charge in [-0.2, -0.15) is 5.26 Å². The van der Waals surface area contributed by atoms with E-state index in [9.17, 15) is 5.11 Å². The molecule has 0 saturated carbocycles. The number of aliphatic hydroxyl groups excluding tert-OH is 1. The van der Waals surface area contributed by atoms with E-state index >= 15 is 0 Å². The maximum atomic E-state index is 9.43.